The number of aromatic nitrogens is 3. The van der Waals surface area contributed by atoms with E-state index in [2.05, 4.69) is 10.1 Å². The van der Waals surface area contributed by atoms with E-state index in [1.165, 1.54) is 0 Å². The Bertz CT molecular complexity index is 607. The van der Waals surface area contributed by atoms with E-state index in [0.717, 1.165) is 24.2 Å². The Morgan fingerprint density at radius 2 is 2.39 bits per heavy atom. The Morgan fingerprint density at radius 1 is 1.56 bits per heavy atom. The molecule has 0 bridgehead atoms. The van der Waals surface area contributed by atoms with Gasteiger partial charge in [0.15, 0.2) is 5.82 Å². The van der Waals surface area contributed by atoms with Crippen LogP contribution in [-0.2, 0) is 4.79 Å². The van der Waals surface area contributed by atoms with Crippen LogP contribution < -0.4 is 4.90 Å². The summed E-state index contributed by atoms with van der Waals surface area (Å²) in [7, 11) is 0. The van der Waals surface area contributed by atoms with Crippen molar-refractivity contribution < 1.29 is 9.90 Å². The van der Waals surface area contributed by atoms with Crippen molar-refractivity contribution in [3.63, 3.8) is 0 Å². The predicted octanol–water partition coefficient (Wildman–Crippen LogP) is 1.09. The normalized spacial score (nSPS) is 19.6. The van der Waals surface area contributed by atoms with Gasteiger partial charge in [-0.3, -0.25) is 0 Å². The van der Waals surface area contributed by atoms with Crippen LogP contribution in [0.2, 0.25) is 0 Å². The fraction of sp³-hybridized carbons (Fsp3) is 0.417. The van der Waals surface area contributed by atoms with Crippen molar-refractivity contribution in [1.82, 2.24) is 14.6 Å². The molecule has 3 heterocycles. The molecule has 1 atom stereocenters. The molecule has 0 spiro atoms. The summed E-state index contributed by atoms with van der Waals surface area (Å²) in [5.74, 6) is -0.0736. The van der Waals surface area contributed by atoms with Crippen molar-refractivity contribution in [2.24, 2.45) is 0 Å². The van der Waals surface area contributed by atoms with E-state index >= 15 is 0 Å². The molecule has 2 aromatic heterocycles. The highest BCUT2D eigenvalue weighted by Gasteiger charge is 2.32. The second kappa shape index (κ2) is 3.97. The lowest BCUT2D eigenvalue weighted by Gasteiger charge is -2.22. The maximum absolute atomic E-state index is 11.2. The van der Waals surface area contributed by atoms with Gasteiger partial charge in [0.1, 0.15) is 11.6 Å². The van der Waals surface area contributed by atoms with Crippen molar-refractivity contribution >= 4 is 17.3 Å². The first-order chi connectivity index (χ1) is 8.66. The number of carboxylic acids is 1. The van der Waals surface area contributed by atoms with Crippen molar-refractivity contribution in [3.05, 3.63) is 24.2 Å². The monoisotopic (exact) mass is 246 g/mol. The molecule has 0 aromatic carbocycles. The zero-order valence-corrected chi connectivity index (χ0v) is 10.1. The number of aryl methyl sites for hydroxylation is 1. The van der Waals surface area contributed by atoms with Gasteiger partial charge in [-0.15, -0.1) is 0 Å². The second-order valence-corrected chi connectivity index (χ2v) is 4.56. The van der Waals surface area contributed by atoms with E-state index in [4.69, 9.17) is 0 Å². The minimum absolute atomic E-state index is 0.473. The Hall–Kier alpha value is -2.11. The Morgan fingerprint density at radius 3 is 3.17 bits per heavy atom. The van der Waals surface area contributed by atoms with E-state index in [-0.39, 0.29) is 0 Å². The second-order valence-electron chi connectivity index (χ2n) is 4.56. The van der Waals surface area contributed by atoms with Crippen molar-refractivity contribution in [1.29, 1.82) is 0 Å². The van der Waals surface area contributed by atoms with Gasteiger partial charge in [-0.1, -0.05) is 0 Å². The smallest absolute Gasteiger partial charge is 0.326 e. The number of hydrogen-bond acceptors (Lipinski definition) is 4. The third kappa shape index (κ3) is 1.61. The first-order valence-electron chi connectivity index (χ1n) is 5.97. The van der Waals surface area contributed by atoms with Crippen LogP contribution >= 0.6 is 0 Å². The van der Waals surface area contributed by atoms with Crippen LogP contribution in [0.25, 0.3) is 5.52 Å². The van der Waals surface area contributed by atoms with Crippen LogP contribution in [0.3, 0.4) is 0 Å². The molecule has 1 N–H and O–H groups in total. The fourth-order valence-electron chi connectivity index (χ4n) is 2.53. The van der Waals surface area contributed by atoms with E-state index in [0.29, 0.717) is 12.2 Å². The SMILES string of the molecule is Cc1cc2c(N3CCC[C@H]3C(=O)O)nccn2n1. The molecule has 1 saturated heterocycles. The predicted molar refractivity (Wildman–Crippen MR) is 65.7 cm³/mol. The molecule has 94 valence electrons. The molecule has 0 saturated carbocycles. The summed E-state index contributed by atoms with van der Waals surface area (Å²) in [6.45, 7) is 2.64. The highest BCUT2D eigenvalue weighted by molar-refractivity contribution is 5.81. The van der Waals surface area contributed by atoms with Gasteiger partial charge in [0.25, 0.3) is 0 Å². The van der Waals surface area contributed by atoms with Crippen LogP contribution in [0.15, 0.2) is 18.5 Å². The summed E-state index contributed by atoms with van der Waals surface area (Å²) < 4.78 is 1.74. The maximum atomic E-state index is 11.2. The van der Waals surface area contributed by atoms with Crippen molar-refractivity contribution in [2.45, 2.75) is 25.8 Å². The van der Waals surface area contributed by atoms with Crippen LogP contribution in [0, 0.1) is 6.92 Å². The van der Waals surface area contributed by atoms with Crippen LogP contribution in [0.1, 0.15) is 18.5 Å². The van der Waals surface area contributed by atoms with Gasteiger partial charge < -0.3 is 10.0 Å². The largest absolute Gasteiger partial charge is 0.480 e. The summed E-state index contributed by atoms with van der Waals surface area (Å²) in [4.78, 5) is 17.4. The van der Waals surface area contributed by atoms with E-state index in [9.17, 15) is 9.90 Å². The molecular formula is C12H14N4O2. The minimum Gasteiger partial charge on any atom is -0.480 e. The highest BCUT2D eigenvalue weighted by Crippen LogP contribution is 2.27. The van der Waals surface area contributed by atoms with Crippen molar-refractivity contribution in [2.75, 3.05) is 11.4 Å². The Labute approximate surface area is 104 Å². The molecule has 18 heavy (non-hydrogen) atoms. The van der Waals surface area contributed by atoms with Gasteiger partial charge in [0, 0.05) is 18.9 Å². The third-order valence-corrected chi connectivity index (χ3v) is 3.30. The van der Waals surface area contributed by atoms with E-state index < -0.39 is 12.0 Å². The lowest BCUT2D eigenvalue weighted by Crippen LogP contribution is -2.36. The molecule has 3 rings (SSSR count). The number of anilines is 1. The Kier molecular flexibility index (Phi) is 2.43. The number of carboxylic acid groups (broad SMARTS) is 1. The standard InChI is InChI=1S/C12H14N4O2/c1-8-7-10-11(13-4-6-16(10)14-8)15-5-2-3-9(15)12(17)18/h4,6-7,9H,2-3,5H2,1H3,(H,17,18)/t9-/m0/s1. The average molecular weight is 246 g/mol. The molecule has 1 aliphatic heterocycles. The summed E-state index contributed by atoms with van der Waals surface area (Å²) in [6.07, 6.45) is 4.99. The van der Waals surface area contributed by atoms with Gasteiger partial charge in [0.05, 0.1) is 5.69 Å². The fourth-order valence-corrected chi connectivity index (χ4v) is 2.53. The molecule has 6 nitrogen and oxygen atoms in total. The average Bonchev–Trinajstić information content (AvgIpc) is 2.92. The quantitative estimate of drug-likeness (QED) is 0.859. The lowest BCUT2D eigenvalue weighted by atomic mass is 10.2. The number of hydrogen-bond donors (Lipinski definition) is 1. The van der Waals surface area contributed by atoms with Gasteiger partial charge >= 0.3 is 5.97 Å². The highest BCUT2D eigenvalue weighted by atomic mass is 16.4. The molecule has 0 amide bonds. The van der Waals surface area contributed by atoms with E-state index in [1.807, 2.05) is 17.9 Å². The number of nitrogens with zero attached hydrogens (tertiary/aromatic N) is 4. The molecule has 6 heteroatoms. The summed E-state index contributed by atoms with van der Waals surface area (Å²) in [5, 5.41) is 13.5. The van der Waals surface area contributed by atoms with E-state index in [1.54, 1.807) is 16.9 Å². The van der Waals surface area contributed by atoms with Crippen LogP contribution in [-0.4, -0.2) is 38.3 Å². The topological polar surface area (TPSA) is 70.7 Å². The zero-order chi connectivity index (χ0) is 12.7. The number of aliphatic carboxylic acids is 1. The zero-order valence-electron chi connectivity index (χ0n) is 10.1. The molecule has 0 radical (unpaired) electrons. The van der Waals surface area contributed by atoms with Gasteiger partial charge in [-0.05, 0) is 25.8 Å². The molecule has 2 aromatic rings. The molecule has 0 aliphatic carbocycles. The molecule has 0 unspecified atom stereocenters. The Balaban J connectivity index is 2.11. The summed E-state index contributed by atoms with van der Waals surface area (Å²) in [6, 6.07) is 1.46. The first kappa shape index (κ1) is 11.0. The van der Waals surface area contributed by atoms with Crippen molar-refractivity contribution in [3.8, 4) is 0 Å². The van der Waals surface area contributed by atoms with Gasteiger partial charge in [-0.2, -0.15) is 5.10 Å². The maximum Gasteiger partial charge on any atom is 0.326 e. The third-order valence-electron chi connectivity index (χ3n) is 3.30. The van der Waals surface area contributed by atoms with Gasteiger partial charge in [0.2, 0.25) is 0 Å². The number of carbonyl (C=O) groups is 1. The molecule has 1 aliphatic rings. The lowest BCUT2D eigenvalue weighted by molar-refractivity contribution is -0.138. The van der Waals surface area contributed by atoms with Crippen LogP contribution in [0.5, 0.6) is 0 Å². The van der Waals surface area contributed by atoms with Crippen LogP contribution in [0.4, 0.5) is 5.82 Å². The van der Waals surface area contributed by atoms with Gasteiger partial charge in [-0.25, -0.2) is 14.3 Å². The molecule has 1 fully saturated rings. The first-order valence-corrected chi connectivity index (χ1v) is 5.97. The number of fused-ring (bicyclic) bond motifs is 1. The summed E-state index contributed by atoms with van der Waals surface area (Å²) >= 11 is 0. The summed E-state index contributed by atoms with van der Waals surface area (Å²) in [5.41, 5.74) is 1.76. The molecular weight excluding hydrogens is 232 g/mol. The number of rotatable bonds is 2. The minimum atomic E-state index is -0.785.